The lowest BCUT2D eigenvalue weighted by Crippen LogP contribution is -2.49. The van der Waals surface area contributed by atoms with Crippen molar-refractivity contribution in [1.82, 2.24) is 4.90 Å². The molecule has 2 heterocycles. The summed E-state index contributed by atoms with van der Waals surface area (Å²) in [5.74, 6) is 0.104. The van der Waals surface area contributed by atoms with Crippen molar-refractivity contribution in [2.75, 3.05) is 50.5 Å². The van der Waals surface area contributed by atoms with Gasteiger partial charge in [-0.1, -0.05) is 12.1 Å². The predicted octanol–water partition coefficient (Wildman–Crippen LogP) is 3.33. The number of likely N-dealkylation sites (tertiary alicyclic amines) is 1. The number of hydrogen-bond acceptors (Lipinski definition) is 6. The average Bonchev–Trinajstić information content (AvgIpc) is 3.07. The zero-order valence-corrected chi connectivity index (χ0v) is 20.6. The van der Waals surface area contributed by atoms with Gasteiger partial charge < -0.3 is 14.7 Å². The molecule has 192 valence electrons. The highest BCUT2D eigenvalue weighted by Gasteiger charge is 2.51. The SMILES string of the molecule is [C-]#[N+]c1ccc2c(c1)C1(CCN(CCOc3ccc(S(C)(=O)=O)c(C(F)F)c3)CC1)C(=O)N2CCO. The molecule has 0 bridgehead atoms. The zero-order valence-electron chi connectivity index (χ0n) is 19.8. The van der Waals surface area contributed by atoms with E-state index in [4.69, 9.17) is 11.3 Å². The van der Waals surface area contributed by atoms with E-state index in [2.05, 4.69) is 9.74 Å². The second kappa shape index (κ2) is 10.1. The third kappa shape index (κ3) is 4.81. The second-order valence-electron chi connectivity index (χ2n) is 9.04. The largest absolute Gasteiger partial charge is 0.492 e. The molecule has 2 aromatic rings. The summed E-state index contributed by atoms with van der Waals surface area (Å²) < 4.78 is 55.9. The van der Waals surface area contributed by atoms with Gasteiger partial charge in [-0.25, -0.2) is 22.0 Å². The van der Waals surface area contributed by atoms with Crippen LogP contribution in [-0.4, -0.2) is 70.0 Å². The van der Waals surface area contributed by atoms with Gasteiger partial charge in [0.25, 0.3) is 6.43 Å². The maximum Gasteiger partial charge on any atom is 0.265 e. The van der Waals surface area contributed by atoms with E-state index in [1.165, 1.54) is 6.07 Å². The minimum atomic E-state index is -3.79. The van der Waals surface area contributed by atoms with E-state index in [-0.39, 0.29) is 31.4 Å². The summed E-state index contributed by atoms with van der Waals surface area (Å²) in [5.41, 5.74) is 0.713. The van der Waals surface area contributed by atoms with Crippen molar-refractivity contribution in [1.29, 1.82) is 0 Å². The molecule has 0 radical (unpaired) electrons. The molecule has 2 aliphatic heterocycles. The number of hydrogen-bond donors (Lipinski definition) is 1. The number of fused-ring (bicyclic) bond motifs is 2. The Labute approximate surface area is 208 Å². The molecule has 11 heteroatoms. The lowest BCUT2D eigenvalue weighted by molar-refractivity contribution is -0.125. The number of carbonyl (C=O) groups is 1. The number of β-amino-alcohol motifs (C(OH)–C–C–N with tert-alkyl or cyclic N) is 1. The van der Waals surface area contributed by atoms with Crippen molar-refractivity contribution in [3.05, 3.63) is 58.9 Å². The summed E-state index contributed by atoms with van der Waals surface area (Å²) >= 11 is 0. The van der Waals surface area contributed by atoms with Crippen LogP contribution >= 0.6 is 0 Å². The molecule has 0 aromatic heterocycles. The van der Waals surface area contributed by atoms with Crippen molar-refractivity contribution < 1.29 is 31.8 Å². The Morgan fingerprint density at radius 1 is 1.17 bits per heavy atom. The van der Waals surface area contributed by atoms with E-state index in [1.54, 1.807) is 23.1 Å². The third-order valence-corrected chi connectivity index (χ3v) is 8.07. The number of alkyl halides is 2. The fourth-order valence-corrected chi connectivity index (χ4v) is 5.97. The van der Waals surface area contributed by atoms with Crippen LogP contribution in [-0.2, 0) is 20.0 Å². The number of aliphatic hydroxyl groups excluding tert-OH is 1. The molecule has 0 unspecified atom stereocenters. The fourth-order valence-electron chi connectivity index (χ4n) is 5.08. The van der Waals surface area contributed by atoms with Crippen LogP contribution in [0.15, 0.2) is 41.3 Å². The summed E-state index contributed by atoms with van der Waals surface area (Å²) in [6.07, 6.45) is -0.976. The molecule has 8 nitrogen and oxygen atoms in total. The number of nitrogens with zero attached hydrogens (tertiary/aromatic N) is 3. The predicted molar refractivity (Wildman–Crippen MR) is 129 cm³/mol. The van der Waals surface area contributed by atoms with Crippen molar-refractivity contribution in [3.63, 3.8) is 0 Å². The van der Waals surface area contributed by atoms with Crippen LogP contribution in [0.2, 0.25) is 0 Å². The Morgan fingerprint density at radius 3 is 2.50 bits per heavy atom. The maximum atomic E-state index is 13.4. The molecule has 2 aromatic carbocycles. The number of carbonyl (C=O) groups excluding carboxylic acids is 1. The van der Waals surface area contributed by atoms with E-state index in [0.717, 1.165) is 29.6 Å². The van der Waals surface area contributed by atoms with E-state index in [9.17, 15) is 27.1 Å². The van der Waals surface area contributed by atoms with Crippen LogP contribution < -0.4 is 9.64 Å². The first-order chi connectivity index (χ1) is 17.1. The van der Waals surface area contributed by atoms with Crippen LogP contribution in [0.3, 0.4) is 0 Å². The Kier molecular flexibility index (Phi) is 7.31. The summed E-state index contributed by atoms with van der Waals surface area (Å²) in [6, 6.07) is 8.79. The minimum Gasteiger partial charge on any atom is -0.492 e. The van der Waals surface area contributed by atoms with Crippen molar-refractivity contribution >= 4 is 27.1 Å². The second-order valence-corrected chi connectivity index (χ2v) is 11.0. The van der Waals surface area contributed by atoms with Crippen molar-refractivity contribution in [2.24, 2.45) is 0 Å². The van der Waals surface area contributed by atoms with Crippen LogP contribution in [0.5, 0.6) is 5.75 Å². The minimum absolute atomic E-state index is 0.0601. The van der Waals surface area contributed by atoms with Crippen LogP contribution in [0, 0.1) is 6.57 Å². The van der Waals surface area contributed by atoms with Gasteiger partial charge in [-0.05, 0) is 55.8 Å². The van der Waals surface area contributed by atoms with Gasteiger partial charge in [-0.3, -0.25) is 9.69 Å². The smallest absolute Gasteiger partial charge is 0.265 e. The van der Waals surface area contributed by atoms with Crippen LogP contribution in [0.1, 0.15) is 30.4 Å². The molecule has 1 N–H and O–H groups in total. The topological polar surface area (TPSA) is 91.5 Å². The van der Waals surface area contributed by atoms with E-state index in [0.29, 0.717) is 38.2 Å². The molecule has 1 saturated heterocycles. The lowest BCUT2D eigenvalue weighted by atomic mass is 9.73. The van der Waals surface area contributed by atoms with Gasteiger partial charge in [0.1, 0.15) is 12.4 Å². The molecule has 1 spiro atoms. The molecule has 0 aliphatic carbocycles. The standard InChI is InChI=1S/C25H27F2N3O5S/c1-28-17-3-5-21-20(15-17)25(24(32)30(21)11-13-31)7-9-29(10-8-25)12-14-35-18-4-6-22(36(2,33)34)19(16-18)23(26)27/h3-6,15-16,23,31H,7-14H2,2H3. The first kappa shape index (κ1) is 26.0. The van der Waals surface area contributed by atoms with Crippen molar-refractivity contribution in [2.45, 2.75) is 29.6 Å². The van der Waals surface area contributed by atoms with Gasteiger partial charge in [0, 0.05) is 30.6 Å². The van der Waals surface area contributed by atoms with Gasteiger partial charge >= 0.3 is 0 Å². The Balaban J connectivity index is 1.41. The fraction of sp³-hybridized carbons (Fsp3) is 0.440. The average molecular weight is 520 g/mol. The number of aliphatic hydroxyl groups is 1. The third-order valence-electron chi connectivity index (χ3n) is 6.90. The normalized spacial score (nSPS) is 17.4. The Bertz CT molecular complexity index is 1300. The molecule has 0 atom stereocenters. The maximum absolute atomic E-state index is 13.4. The first-order valence-corrected chi connectivity index (χ1v) is 13.4. The molecule has 0 saturated carbocycles. The molecule has 1 fully saturated rings. The van der Waals surface area contributed by atoms with Gasteiger partial charge in [0.2, 0.25) is 5.91 Å². The van der Waals surface area contributed by atoms with E-state index in [1.807, 2.05) is 0 Å². The highest BCUT2D eigenvalue weighted by Crippen LogP contribution is 2.49. The summed E-state index contributed by atoms with van der Waals surface area (Å²) in [5, 5.41) is 9.46. The highest BCUT2D eigenvalue weighted by atomic mass is 32.2. The number of sulfone groups is 1. The monoisotopic (exact) mass is 519 g/mol. The number of ether oxygens (including phenoxy) is 1. The van der Waals surface area contributed by atoms with E-state index < -0.39 is 32.1 Å². The Hall–Kier alpha value is -3.07. The molecule has 36 heavy (non-hydrogen) atoms. The summed E-state index contributed by atoms with van der Waals surface area (Å²) in [6.45, 7) is 9.27. The molecule has 1 amide bonds. The lowest BCUT2D eigenvalue weighted by Gasteiger charge is -2.38. The Morgan fingerprint density at radius 2 is 1.89 bits per heavy atom. The number of halogens is 2. The number of piperidine rings is 1. The highest BCUT2D eigenvalue weighted by molar-refractivity contribution is 7.90. The molecule has 4 rings (SSSR count). The van der Waals surface area contributed by atoms with Crippen LogP contribution in [0.4, 0.5) is 20.2 Å². The van der Waals surface area contributed by atoms with Gasteiger partial charge in [-0.15, -0.1) is 0 Å². The number of anilines is 1. The van der Waals surface area contributed by atoms with E-state index >= 15 is 0 Å². The number of amides is 1. The van der Waals surface area contributed by atoms with Gasteiger partial charge in [0.05, 0.1) is 23.5 Å². The number of rotatable bonds is 8. The zero-order chi connectivity index (χ0) is 26.1. The summed E-state index contributed by atoms with van der Waals surface area (Å²) in [4.78, 5) is 20.2. The summed E-state index contributed by atoms with van der Waals surface area (Å²) in [7, 11) is -3.79. The molecular formula is C25H27F2N3O5S. The quantitative estimate of drug-likeness (QED) is 0.538. The molecule has 2 aliphatic rings. The van der Waals surface area contributed by atoms with Gasteiger partial charge in [0.15, 0.2) is 15.5 Å². The van der Waals surface area contributed by atoms with Crippen molar-refractivity contribution in [3.8, 4) is 5.75 Å². The molecular weight excluding hydrogens is 492 g/mol. The van der Waals surface area contributed by atoms with Gasteiger partial charge in [-0.2, -0.15) is 0 Å². The van der Waals surface area contributed by atoms with Crippen LogP contribution in [0.25, 0.3) is 4.85 Å². The first-order valence-electron chi connectivity index (χ1n) is 11.5. The number of benzene rings is 2.